The Hall–Kier alpha value is -5.20. The first-order valence-electron chi connectivity index (χ1n) is 19.7. The summed E-state index contributed by atoms with van der Waals surface area (Å²) in [5.41, 5.74) is 2.01. The molecule has 0 aromatic heterocycles. The molecular weight excluding hydrogens is 480 g/mol. The lowest BCUT2D eigenvalue weighted by Gasteiger charge is -2.20. The van der Waals surface area contributed by atoms with E-state index < -0.39 is 60.4 Å². The van der Waals surface area contributed by atoms with Gasteiger partial charge in [0.15, 0.2) is 0 Å². The van der Waals surface area contributed by atoms with Crippen LogP contribution in [0.15, 0.2) is 157 Å². The van der Waals surface area contributed by atoms with E-state index in [2.05, 4.69) is 0 Å². The second kappa shape index (κ2) is 9.22. The van der Waals surface area contributed by atoms with Gasteiger partial charge in [-0.2, -0.15) is 0 Å². The van der Waals surface area contributed by atoms with E-state index in [0.29, 0.717) is 43.8 Å². The molecule has 0 saturated heterocycles. The second-order valence-corrected chi connectivity index (χ2v) is 9.39. The number of fused-ring (bicyclic) bond motifs is 4. The zero-order chi connectivity index (χ0) is 38.7. The molecule has 8 rings (SSSR count). The molecule has 0 heterocycles. The molecule has 0 amide bonds. The minimum Gasteiger partial charge on any atom is -0.0616 e. The number of rotatable bonds is 3. The van der Waals surface area contributed by atoms with E-state index in [1.807, 2.05) is 24.3 Å². The fourth-order valence-corrected chi connectivity index (χ4v) is 5.43. The van der Waals surface area contributed by atoms with Gasteiger partial charge in [-0.1, -0.05) is 145 Å². The van der Waals surface area contributed by atoms with Crippen LogP contribution in [0.3, 0.4) is 0 Å². The fraction of sp³-hybridized carbons (Fsp3) is 0. The second-order valence-electron chi connectivity index (χ2n) is 9.39. The van der Waals surface area contributed by atoms with Crippen LogP contribution in [0.5, 0.6) is 0 Å². The van der Waals surface area contributed by atoms with Crippen molar-refractivity contribution in [1.29, 1.82) is 0 Å². The van der Waals surface area contributed by atoms with Crippen molar-refractivity contribution in [2.75, 3.05) is 0 Å². The molecule has 0 aliphatic rings. The van der Waals surface area contributed by atoms with Crippen LogP contribution in [0.1, 0.15) is 19.2 Å². The summed E-state index contributed by atoms with van der Waals surface area (Å²) in [4.78, 5) is 0. The predicted molar refractivity (Wildman–Crippen MR) is 173 cm³/mol. The molecule has 0 unspecified atom stereocenters. The normalized spacial score (nSPS) is 16.4. The van der Waals surface area contributed by atoms with Gasteiger partial charge in [0.05, 0.1) is 19.2 Å². The highest BCUT2D eigenvalue weighted by Crippen LogP contribution is 2.46. The summed E-state index contributed by atoms with van der Waals surface area (Å²) < 4.78 is 122. The summed E-state index contributed by atoms with van der Waals surface area (Å²) in [6, 6.07) is 15.1. The van der Waals surface area contributed by atoms with Crippen molar-refractivity contribution in [3.63, 3.8) is 0 Å². The van der Waals surface area contributed by atoms with Gasteiger partial charge < -0.3 is 0 Å². The maximum Gasteiger partial charge on any atom is 0.0636 e. The van der Waals surface area contributed by atoms with Gasteiger partial charge in [0, 0.05) is 0 Å². The maximum atomic E-state index is 9.36. The Bertz CT molecular complexity index is 2930. The lowest BCUT2D eigenvalue weighted by atomic mass is 9.83. The highest BCUT2D eigenvalue weighted by atomic mass is 14.2. The van der Waals surface area contributed by atoms with Crippen molar-refractivity contribution < 1.29 is 19.2 Å². The first-order chi connectivity index (χ1) is 25.7. The third-order valence-electron chi connectivity index (χ3n) is 7.15. The molecule has 0 N–H and O–H groups in total. The quantitative estimate of drug-likeness (QED) is 0.203. The Kier molecular flexibility index (Phi) is 2.94. The van der Waals surface area contributed by atoms with Crippen molar-refractivity contribution in [1.82, 2.24) is 0 Å². The maximum absolute atomic E-state index is 9.36. The monoisotopic (exact) mass is 520 g/mol. The van der Waals surface area contributed by atoms with E-state index >= 15 is 0 Å². The average molecular weight is 521 g/mol. The van der Waals surface area contributed by atoms with Gasteiger partial charge in [0.2, 0.25) is 0 Å². The molecule has 0 spiro atoms. The van der Waals surface area contributed by atoms with E-state index in [-0.39, 0.29) is 56.8 Å². The van der Waals surface area contributed by atoms with Gasteiger partial charge in [-0.25, -0.2) is 0 Å². The summed E-state index contributed by atoms with van der Waals surface area (Å²) in [5, 5.41) is 1.66. The lowest BCUT2D eigenvalue weighted by Crippen LogP contribution is -1.92. The molecule has 8 aromatic carbocycles. The Morgan fingerprint density at radius 1 is 0.350 bits per heavy atom. The number of hydrogen-bond donors (Lipinski definition) is 0. The van der Waals surface area contributed by atoms with Gasteiger partial charge >= 0.3 is 0 Å². The lowest BCUT2D eigenvalue weighted by molar-refractivity contribution is 1.62. The van der Waals surface area contributed by atoms with E-state index in [1.165, 1.54) is 0 Å². The smallest absolute Gasteiger partial charge is 0.0616 e. The van der Waals surface area contributed by atoms with Gasteiger partial charge in [-0.15, -0.1) is 0 Å². The van der Waals surface area contributed by atoms with Gasteiger partial charge in [-0.05, 0) is 88.6 Å². The molecule has 0 heteroatoms. The molecule has 0 aliphatic carbocycles. The zero-order valence-electron chi connectivity index (χ0n) is 34.9. The molecule has 0 aliphatic heterocycles. The summed E-state index contributed by atoms with van der Waals surface area (Å²) in [6.45, 7) is 0. The van der Waals surface area contributed by atoms with Crippen LogP contribution in [-0.2, 0) is 0 Å². The van der Waals surface area contributed by atoms with Crippen molar-refractivity contribution in [3.05, 3.63) is 157 Å². The van der Waals surface area contributed by atoms with Crippen molar-refractivity contribution >= 4 is 43.1 Å². The van der Waals surface area contributed by atoms with Crippen LogP contribution in [0.4, 0.5) is 0 Å². The molecule has 40 heavy (non-hydrogen) atoms. The molecule has 8 aromatic rings. The summed E-state index contributed by atoms with van der Waals surface area (Å²) in [7, 11) is 0. The highest BCUT2D eigenvalue weighted by molar-refractivity contribution is 6.22. The standard InChI is InChI=1S/C40H26/c1-3-13-29-25-31(23-21-27(29)11-1)33-15-5-6-16-34(33)40-37-19-9-7-17-35(37)39(36-18-8-10-20-38(36)40)32-24-22-28-12-2-4-14-30(28)26-32/h1-26H/i1D,2D,3D,4D,11D,12D,13D,14D,21D,22D,23D,24D,25D,26D. The SMILES string of the molecule is [2H]c1c([2H])c([2H])c2c([2H])c(-c3ccccc3-c3c4ccccc4c(-c4c([2H])c([2H])c5c([2H])c([2H])c([2H])c([2H])c5c4[2H])c4ccccc34)c([2H])c([2H])c2c1[2H]. The fourth-order valence-electron chi connectivity index (χ4n) is 5.43. The van der Waals surface area contributed by atoms with Crippen LogP contribution >= 0.6 is 0 Å². The summed E-state index contributed by atoms with van der Waals surface area (Å²) >= 11 is 0. The van der Waals surface area contributed by atoms with Gasteiger partial charge in [-0.3, -0.25) is 0 Å². The Morgan fingerprint density at radius 3 is 1.35 bits per heavy atom. The molecule has 0 radical (unpaired) electrons. The first kappa shape index (κ1) is 12.8. The zero-order valence-corrected chi connectivity index (χ0v) is 20.9. The van der Waals surface area contributed by atoms with Crippen molar-refractivity contribution in [2.24, 2.45) is 0 Å². The largest absolute Gasteiger partial charge is 0.0636 e. The van der Waals surface area contributed by atoms with Crippen LogP contribution in [0.25, 0.3) is 76.5 Å². The molecule has 0 bridgehead atoms. The first-order valence-corrected chi connectivity index (χ1v) is 12.7. The predicted octanol–water partition coefficient (Wildman–Crippen LogP) is 11.3. The Morgan fingerprint density at radius 2 is 0.775 bits per heavy atom. The van der Waals surface area contributed by atoms with Crippen LogP contribution in [-0.4, -0.2) is 0 Å². The van der Waals surface area contributed by atoms with E-state index in [1.54, 1.807) is 48.5 Å². The number of hydrogen-bond acceptors (Lipinski definition) is 0. The average Bonchev–Trinajstić information content (AvgIpc) is 3.17. The molecular formula is C40H26. The van der Waals surface area contributed by atoms with Crippen LogP contribution in [0, 0.1) is 0 Å². The topological polar surface area (TPSA) is 0 Å². The van der Waals surface area contributed by atoms with E-state index in [0.717, 1.165) is 0 Å². The highest BCUT2D eigenvalue weighted by Gasteiger charge is 2.18. The molecule has 0 atom stereocenters. The minimum atomic E-state index is -0.554. The third kappa shape index (κ3) is 3.61. The third-order valence-corrected chi connectivity index (χ3v) is 7.15. The van der Waals surface area contributed by atoms with Crippen LogP contribution in [0.2, 0.25) is 0 Å². The molecule has 186 valence electrons. The molecule has 0 fully saturated rings. The minimum absolute atomic E-state index is 0.00905. The number of benzene rings is 8. The Labute approximate surface area is 253 Å². The summed E-state index contributed by atoms with van der Waals surface area (Å²) in [6.07, 6.45) is 0. The van der Waals surface area contributed by atoms with E-state index in [4.69, 9.17) is 15.1 Å². The van der Waals surface area contributed by atoms with Gasteiger partial charge in [0.25, 0.3) is 0 Å². The summed E-state index contributed by atoms with van der Waals surface area (Å²) in [5.74, 6) is 0. The Balaban J connectivity index is 1.53. The van der Waals surface area contributed by atoms with Crippen LogP contribution < -0.4 is 0 Å². The molecule has 0 saturated carbocycles. The van der Waals surface area contributed by atoms with E-state index in [9.17, 15) is 4.11 Å². The van der Waals surface area contributed by atoms with Crippen molar-refractivity contribution in [3.8, 4) is 33.4 Å². The van der Waals surface area contributed by atoms with Crippen molar-refractivity contribution in [2.45, 2.75) is 0 Å². The molecule has 0 nitrogen and oxygen atoms in total. The van der Waals surface area contributed by atoms with Gasteiger partial charge in [0.1, 0.15) is 0 Å².